The van der Waals surface area contributed by atoms with E-state index in [9.17, 15) is 0 Å². The number of hydrazine groups is 1. The number of nitrogens with two attached hydrogens (primary N) is 1. The minimum atomic E-state index is 0.510. The number of nitrogens with one attached hydrogen (secondary N) is 1. The molecule has 3 rings (SSSR count). The third-order valence-corrected chi connectivity index (χ3v) is 3.53. The van der Waals surface area contributed by atoms with Gasteiger partial charge in [-0.05, 0) is 17.7 Å². The van der Waals surface area contributed by atoms with Crippen molar-refractivity contribution in [1.82, 2.24) is 9.97 Å². The van der Waals surface area contributed by atoms with Crippen molar-refractivity contribution < 1.29 is 4.74 Å². The van der Waals surface area contributed by atoms with E-state index in [2.05, 4.69) is 15.4 Å². The minimum absolute atomic E-state index is 0.510. The van der Waals surface area contributed by atoms with Crippen LogP contribution in [0.2, 0.25) is 5.02 Å². The highest BCUT2D eigenvalue weighted by atomic mass is 35.5. The van der Waals surface area contributed by atoms with Crippen molar-refractivity contribution in [3.8, 4) is 0 Å². The first kappa shape index (κ1) is 13.3. The van der Waals surface area contributed by atoms with Gasteiger partial charge < -0.3 is 10.2 Å². The SMILES string of the molecule is NNc1nc(Cc2ccc(Cl)cc2)nc2c1COCC2. The Hall–Kier alpha value is -1.69. The maximum atomic E-state index is 5.89. The Morgan fingerprint density at radius 1 is 1.25 bits per heavy atom. The molecule has 6 heteroatoms. The summed E-state index contributed by atoms with van der Waals surface area (Å²) in [6, 6.07) is 7.68. The van der Waals surface area contributed by atoms with Crippen LogP contribution in [0.15, 0.2) is 24.3 Å². The number of hydrogen-bond acceptors (Lipinski definition) is 5. The molecule has 0 unspecified atom stereocenters. The predicted molar refractivity (Wildman–Crippen MR) is 77.5 cm³/mol. The Labute approximate surface area is 122 Å². The van der Waals surface area contributed by atoms with Gasteiger partial charge in [-0.3, -0.25) is 0 Å². The predicted octanol–water partition coefficient (Wildman–Crippen LogP) is 2.08. The average Bonchev–Trinajstić information content (AvgIpc) is 2.49. The Morgan fingerprint density at radius 2 is 2.05 bits per heavy atom. The van der Waals surface area contributed by atoms with E-state index in [1.54, 1.807) is 0 Å². The van der Waals surface area contributed by atoms with Gasteiger partial charge in [0, 0.05) is 23.4 Å². The number of rotatable bonds is 3. The van der Waals surface area contributed by atoms with Gasteiger partial charge in [0.2, 0.25) is 0 Å². The van der Waals surface area contributed by atoms with Crippen LogP contribution in [0.25, 0.3) is 0 Å². The largest absolute Gasteiger partial charge is 0.376 e. The summed E-state index contributed by atoms with van der Waals surface area (Å²) in [6.07, 6.45) is 1.44. The van der Waals surface area contributed by atoms with Crippen LogP contribution in [-0.4, -0.2) is 16.6 Å². The molecule has 0 atom stereocenters. The van der Waals surface area contributed by atoms with E-state index in [4.69, 9.17) is 22.2 Å². The summed E-state index contributed by atoms with van der Waals surface area (Å²) in [5, 5.41) is 0.724. The third kappa shape index (κ3) is 2.75. The first-order chi connectivity index (χ1) is 9.76. The Kier molecular flexibility index (Phi) is 3.82. The molecule has 0 bridgehead atoms. The zero-order chi connectivity index (χ0) is 13.9. The molecular weight excluding hydrogens is 276 g/mol. The second-order valence-electron chi connectivity index (χ2n) is 4.66. The number of aromatic nitrogens is 2. The summed E-state index contributed by atoms with van der Waals surface area (Å²) in [6.45, 7) is 1.20. The fourth-order valence-corrected chi connectivity index (χ4v) is 2.39. The van der Waals surface area contributed by atoms with Crippen LogP contribution in [0.4, 0.5) is 5.82 Å². The molecule has 2 heterocycles. The van der Waals surface area contributed by atoms with Crippen molar-refractivity contribution in [1.29, 1.82) is 0 Å². The molecule has 20 heavy (non-hydrogen) atoms. The van der Waals surface area contributed by atoms with Crippen LogP contribution in [0.3, 0.4) is 0 Å². The molecule has 2 aromatic rings. The van der Waals surface area contributed by atoms with Gasteiger partial charge in [0.25, 0.3) is 0 Å². The standard InChI is InChI=1S/C14H15ClN4O/c15-10-3-1-9(2-4-10)7-13-17-12-5-6-20-8-11(12)14(18-13)19-16/h1-4H,5-8,16H2,(H,17,18,19). The molecule has 3 N–H and O–H groups in total. The van der Waals surface area contributed by atoms with Crippen molar-refractivity contribution in [3.63, 3.8) is 0 Å². The molecule has 5 nitrogen and oxygen atoms in total. The molecular formula is C14H15ClN4O. The van der Waals surface area contributed by atoms with E-state index in [0.29, 0.717) is 25.5 Å². The van der Waals surface area contributed by atoms with Gasteiger partial charge in [-0.15, -0.1) is 0 Å². The summed E-state index contributed by atoms with van der Waals surface area (Å²) in [4.78, 5) is 9.08. The molecule has 0 radical (unpaired) electrons. The summed E-state index contributed by atoms with van der Waals surface area (Å²) in [7, 11) is 0. The van der Waals surface area contributed by atoms with E-state index in [1.165, 1.54) is 0 Å². The molecule has 0 fully saturated rings. The van der Waals surface area contributed by atoms with Crippen molar-refractivity contribution >= 4 is 17.4 Å². The van der Waals surface area contributed by atoms with Gasteiger partial charge in [-0.1, -0.05) is 23.7 Å². The second-order valence-corrected chi connectivity index (χ2v) is 5.10. The number of fused-ring (bicyclic) bond motifs is 1. The van der Waals surface area contributed by atoms with E-state index in [-0.39, 0.29) is 0 Å². The Morgan fingerprint density at radius 3 is 2.80 bits per heavy atom. The topological polar surface area (TPSA) is 73.1 Å². The number of anilines is 1. The molecule has 0 saturated carbocycles. The van der Waals surface area contributed by atoms with Crippen molar-refractivity contribution in [2.24, 2.45) is 5.84 Å². The number of nitrogens with zero attached hydrogens (tertiary/aromatic N) is 2. The van der Waals surface area contributed by atoms with Crippen LogP contribution in [0, 0.1) is 0 Å². The van der Waals surface area contributed by atoms with Crippen LogP contribution in [0.1, 0.15) is 22.6 Å². The normalized spacial score (nSPS) is 13.9. The lowest BCUT2D eigenvalue weighted by Gasteiger charge is -2.19. The van der Waals surface area contributed by atoms with E-state index < -0.39 is 0 Å². The zero-order valence-electron chi connectivity index (χ0n) is 10.9. The third-order valence-electron chi connectivity index (χ3n) is 3.28. The summed E-state index contributed by atoms with van der Waals surface area (Å²) in [5.41, 5.74) is 5.73. The van der Waals surface area contributed by atoms with E-state index in [0.717, 1.165) is 34.1 Å². The lowest BCUT2D eigenvalue weighted by molar-refractivity contribution is 0.109. The highest BCUT2D eigenvalue weighted by Crippen LogP contribution is 2.22. The van der Waals surface area contributed by atoms with Gasteiger partial charge in [0.05, 0.1) is 18.9 Å². The lowest BCUT2D eigenvalue weighted by atomic mass is 10.1. The zero-order valence-corrected chi connectivity index (χ0v) is 11.7. The minimum Gasteiger partial charge on any atom is -0.376 e. The quantitative estimate of drug-likeness (QED) is 0.669. The number of halogens is 1. The van der Waals surface area contributed by atoms with Crippen LogP contribution in [-0.2, 0) is 24.2 Å². The lowest BCUT2D eigenvalue weighted by Crippen LogP contribution is -2.20. The number of ether oxygens (including phenoxy) is 1. The fraction of sp³-hybridized carbons (Fsp3) is 0.286. The van der Waals surface area contributed by atoms with Gasteiger partial charge in [0.1, 0.15) is 11.6 Å². The molecule has 1 aromatic carbocycles. The molecule has 1 aromatic heterocycles. The molecule has 1 aliphatic heterocycles. The first-order valence-corrected chi connectivity index (χ1v) is 6.81. The van der Waals surface area contributed by atoms with Gasteiger partial charge in [0.15, 0.2) is 0 Å². The highest BCUT2D eigenvalue weighted by molar-refractivity contribution is 6.30. The maximum Gasteiger partial charge on any atom is 0.149 e. The maximum absolute atomic E-state index is 5.89. The first-order valence-electron chi connectivity index (χ1n) is 6.44. The summed E-state index contributed by atoms with van der Waals surface area (Å²) >= 11 is 5.89. The molecule has 0 spiro atoms. The van der Waals surface area contributed by atoms with Crippen LogP contribution >= 0.6 is 11.6 Å². The molecule has 0 amide bonds. The fourth-order valence-electron chi connectivity index (χ4n) is 2.27. The Balaban J connectivity index is 1.91. The number of benzene rings is 1. The van der Waals surface area contributed by atoms with Gasteiger partial charge in [-0.2, -0.15) is 0 Å². The second kappa shape index (κ2) is 5.75. The molecule has 0 saturated heterocycles. The molecule has 1 aliphatic rings. The van der Waals surface area contributed by atoms with Crippen LogP contribution < -0.4 is 11.3 Å². The number of nitrogen functional groups attached to an aromatic ring is 1. The van der Waals surface area contributed by atoms with Crippen molar-refractivity contribution in [2.75, 3.05) is 12.0 Å². The highest BCUT2D eigenvalue weighted by Gasteiger charge is 2.17. The smallest absolute Gasteiger partial charge is 0.149 e. The summed E-state index contributed by atoms with van der Waals surface area (Å²) < 4.78 is 5.42. The Bertz CT molecular complexity index is 598. The van der Waals surface area contributed by atoms with Crippen LogP contribution in [0.5, 0.6) is 0 Å². The summed E-state index contributed by atoms with van der Waals surface area (Å²) in [5.74, 6) is 6.95. The van der Waals surface area contributed by atoms with Gasteiger partial charge in [-0.25, -0.2) is 15.8 Å². The number of hydrogen-bond donors (Lipinski definition) is 2. The van der Waals surface area contributed by atoms with E-state index in [1.807, 2.05) is 24.3 Å². The molecule has 0 aliphatic carbocycles. The van der Waals surface area contributed by atoms with E-state index >= 15 is 0 Å². The van der Waals surface area contributed by atoms with Gasteiger partial charge >= 0.3 is 0 Å². The monoisotopic (exact) mass is 290 g/mol. The van der Waals surface area contributed by atoms with Crippen molar-refractivity contribution in [3.05, 3.63) is 51.9 Å². The molecule has 104 valence electrons. The average molecular weight is 291 g/mol. The van der Waals surface area contributed by atoms with Crippen molar-refractivity contribution in [2.45, 2.75) is 19.4 Å².